The average Bonchev–Trinajstić information content (AvgIpc) is 2.91. The van der Waals surface area contributed by atoms with Crippen LogP contribution in [-0.2, 0) is 11.8 Å². The molecule has 116 valence electrons. The van der Waals surface area contributed by atoms with Gasteiger partial charge in [-0.25, -0.2) is 0 Å². The molecule has 1 saturated heterocycles. The molecule has 2 bridgehead atoms. The normalized spacial score (nSPS) is 48.7. The lowest BCUT2D eigenvalue weighted by molar-refractivity contribution is -0.0453. The Labute approximate surface area is 134 Å². The van der Waals surface area contributed by atoms with Crippen molar-refractivity contribution in [3.63, 3.8) is 0 Å². The van der Waals surface area contributed by atoms with E-state index in [9.17, 15) is 6.48 Å². The van der Waals surface area contributed by atoms with E-state index in [1.807, 2.05) is 11.9 Å². The lowest BCUT2D eigenvalue weighted by atomic mass is 9.53. The van der Waals surface area contributed by atoms with Gasteiger partial charge < -0.3 is 19.5 Å². The van der Waals surface area contributed by atoms with Gasteiger partial charge in [-0.1, -0.05) is 18.2 Å². The second-order valence-corrected chi connectivity index (χ2v) is 6.61. The summed E-state index contributed by atoms with van der Waals surface area (Å²) in [5.74, 6) is -0.181. The van der Waals surface area contributed by atoms with E-state index in [-0.39, 0.29) is 0 Å². The Morgan fingerprint density at radius 3 is 3.18 bits per heavy atom. The van der Waals surface area contributed by atoms with Gasteiger partial charge in [0.2, 0.25) is 0 Å². The summed E-state index contributed by atoms with van der Waals surface area (Å²) in [6.45, 7) is 0.654. The third kappa shape index (κ3) is 1.28. The van der Waals surface area contributed by atoms with Gasteiger partial charge in [0.25, 0.3) is 0 Å². The monoisotopic (exact) mass is 302 g/mol. The first kappa shape index (κ1) is 10.3. The Morgan fingerprint density at radius 2 is 2.36 bits per heavy atom. The van der Waals surface area contributed by atoms with Crippen molar-refractivity contribution in [1.29, 1.82) is 0 Å². The van der Waals surface area contributed by atoms with E-state index in [4.69, 9.17) is 12.2 Å². The Kier molecular flexibility index (Phi) is 1.90. The molecule has 1 aromatic rings. The van der Waals surface area contributed by atoms with E-state index >= 15 is 0 Å². The molecule has 4 aliphatic rings. The molecule has 0 radical (unpaired) electrons. The summed E-state index contributed by atoms with van der Waals surface area (Å²) in [5, 5.41) is 10.6. The molecule has 1 N–H and O–H groups in total. The highest BCUT2D eigenvalue weighted by Gasteiger charge is 2.64. The summed E-state index contributed by atoms with van der Waals surface area (Å²) in [5.41, 5.74) is 0.528. The Balaban J connectivity index is 1.93. The van der Waals surface area contributed by atoms with E-state index < -0.39 is 35.9 Å². The molecule has 1 aromatic carbocycles. The quantitative estimate of drug-likeness (QED) is 0.798. The molecule has 2 heterocycles. The van der Waals surface area contributed by atoms with Crippen molar-refractivity contribution in [2.45, 2.75) is 36.5 Å². The average molecular weight is 302 g/mol. The fraction of sp³-hybridized carbons (Fsp3) is 0.556. The molecule has 5 atom stereocenters. The molecule has 5 rings (SSSR count). The lowest BCUT2D eigenvalue weighted by Gasteiger charge is -2.56. The van der Waals surface area contributed by atoms with Gasteiger partial charge in [0.05, 0.1) is 7.11 Å². The van der Waals surface area contributed by atoms with Gasteiger partial charge in [0.1, 0.15) is 12.2 Å². The maximum Gasteiger partial charge on any atom is 0.165 e. The molecule has 2 unspecified atom stereocenters. The highest BCUT2D eigenvalue weighted by Crippen LogP contribution is 2.62. The number of aliphatic hydroxyl groups excluding tert-OH is 1. The van der Waals surface area contributed by atoms with Gasteiger partial charge in [-0.3, -0.25) is 0 Å². The van der Waals surface area contributed by atoms with Gasteiger partial charge in [0.15, 0.2) is 11.5 Å². The standard InChI is InChI=1S/C18H21NO3/c1-19-8-7-18-11-4-5-13(20)17(18)22-16-14(21-2)6-3-10(15(16)18)9-12(11)19/h3-6,11-13,17,20H,7-9H2,1-2H3/t11-,12+,13?,17?,18-/m0/s1/i9D2,11D. The van der Waals surface area contributed by atoms with Crippen LogP contribution in [0.5, 0.6) is 11.5 Å². The molecular formula is C18H21NO3. The van der Waals surface area contributed by atoms with Crippen molar-refractivity contribution in [3.8, 4) is 11.5 Å². The molecule has 22 heavy (non-hydrogen) atoms. The van der Waals surface area contributed by atoms with Gasteiger partial charge >= 0.3 is 0 Å². The maximum atomic E-state index is 10.6. The molecular weight excluding hydrogens is 278 g/mol. The smallest absolute Gasteiger partial charge is 0.165 e. The highest BCUT2D eigenvalue weighted by molar-refractivity contribution is 5.62. The van der Waals surface area contributed by atoms with Gasteiger partial charge in [-0.15, -0.1) is 0 Å². The van der Waals surface area contributed by atoms with E-state index in [0.29, 0.717) is 30.0 Å². The molecule has 1 fully saturated rings. The number of nitrogens with zero attached hydrogens (tertiary/aromatic N) is 1. The summed E-state index contributed by atoms with van der Waals surface area (Å²) in [4.78, 5) is 1.95. The molecule has 2 aliphatic heterocycles. The SMILES string of the molecule is [2H]C1([2H])c2ccc(OC)c3c2[C@]24CCN(C)[C@H]1[C@]2([2H])C=CC(O)C4O3. The fourth-order valence-corrected chi connectivity index (χ4v) is 4.70. The van der Waals surface area contributed by atoms with E-state index in [1.54, 1.807) is 31.4 Å². The zero-order valence-corrected chi connectivity index (χ0v) is 12.7. The minimum atomic E-state index is -1.71. The predicted molar refractivity (Wildman–Crippen MR) is 82.5 cm³/mol. The highest BCUT2D eigenvalue weighted by atomic mass is 16.5. The number of aliphatic hydroxyl groups is 1. The molecule has 0 aromatic heterocycles. The number of benzene rings is 1. The first-order valence-corrected chi connectivity index (χ1v) is 7.75. The number of hydrogen-bond acceptors (Lipinski definition) is 4. The van der Waals surface area contributed by atoms with Crippen LogP contribution in [0.1, 0.15) is 21.7 Å². The van der Waals surface area contributed by atoms with Crippen molar-refractivity contribution in [2.75, 3.05) is 20.7 Å². The lowest BCUT2D eigenvalue weighted by Crippen LogP contribution is -2.64. The van der Waals surface area contributed by atoms with Crippen molar-refractivity contribution >= 4 is 0 Å². The number of likely N-dealkylation sites (N-methyl/N-ethyl adjacent to an activating group) is 1. The Morgan fingerprint density at radius 1 is 1.50 bits per heavy atom. The van der Waals surface area contributed by atoms with Gasteiger partial charge in [0, 0.05) is 27.0 Å². The van der Waals surface area contributed by atoms with Crippen molar-refractivity contribution < 1.29 is 18.7 Å². The van der Waals surface area contributed by atoms with Crippen molar-refractivity contribution in [2.24, 2.45) is 5.89 Å². The van der Waals surface area contributed by atoms with Gasteiger partial charge in [-0.2, -0.15) is 0 Å². The number of piperidine rings is 1. The summed E-state index contributed by atoms with van der Waals surface area (Å²) >= 11 is 0. The zero-order chi connectivity index (χ0) is 17.8. The molecule has 1 spiro atoms. The van der Waals surface area contributed by atoms with Crippen LogP contribution in [0.3, 0.4) is 0 Å². The third-order valence-electron chi connectivity index (χ3n) is 5.70. The van der Waals surface area contributed by atoms with Crippen LogP contribution in [0.4, 0.5) is 0 Å². The van der Waals surface area contributed by atoms with Crippen LogP contribution < -0.4 is 9.47 Å². The zero-order valence-electron chi connectivity index (χ0n) is 15.7. The number of likely N-dealkylation sites (tertiary alicyclic amines) is 1. The van der Waals surface area contributed by atoms with Crippen LogP contribution in [0.25, 0.3) is 0 Å². The van der Waals surface area contributed by atoms with Crippen LogP contribution in [0.2, 0.25) is 0 Å². The summed E-state index contributed by atoms with van der Waals surface area (Å²) in [6.07, 6.45) is 0.818. The summed E-state index contributed by atoms with van der Waals surface area (Å²) < 4.78 is 38.7. The molecule has 2 aliphatic carbocycles. The maximum absolute atomic E-state index is 10.6. The van der Waals surface area contributed by atoms with E-state index in [0.717, 1.165) is 5.56 Å². The molecule has 4 heteroatoms. The predicted octanol–water partition coefficient (Wildman–Crippen LogP) is 1.50. The Hall–Kier alpha value is -1.52. The van der Waals surface area contributed by atoms with E-state index in [2.05, 4.69) is 0 Å². The molecule has 4 nitrogen and oxygen atoms in total. The molecule has 0 saturated carbocycles. The minimum Gasteiger partial charge on any atom is -0.493 e. The van der Waals surface area contributed by atoms with Gasteiger partial charge in [-0.05, 0) is 38.0 Å². The topological polar surface area (TPSA) is 41.9 Å². The second-order valence-electron chi connectivity index (χ2n) is 6.61. The van der Waals surface area contributed by atoms with E-state index in [1.165, 1.54) is 0 Å². The fourth-order valence-electron chi connectivity index (χ4n) is 4.70. The number of methoxy groups -OCH3 is 1. The van der Waals surface area contributed by atoms with Crippen LogP contribution in [0, 0.1) is 5.89 Å². The minimum absolute atomic E-state index is 0.497. The third-order valence-corrected chi connectivity index (χ3v) is 5.70. The van der Waals surface area contributed by atoms with Crippen molar-refractivity contribution in [3.05, 3.63) is 35.4 Å². The number of hydrogen-bond donors (Lipinski definition) is 1. The first-order valence-electron chi connectivity index (χ1n) is 9.25. The van der Waals surface area contributed by atoms with Crippen molar-refractivity contribution in [1.82, 2.24) is 4.90 Å². The Bertz CT molecular complexity index is 813. The summed E-state index contributed by atoms with van der Waals surface area (Å²) in [7, 11) is 3.43. The summed E-state index contributed by atoms with van der Waals surface area (Å²) in [6, 6.07) is 2.85. The number of ether oxygens (including phenoxy) is 2. The largest absolute Gasteiger partial charge is 0.493 e. The van der Waals surface area contributed by atoms with Crippen LogP contribution in [-0.4, -0.2) is 49.0 Å². The van der Waals surface area contributed by atoms with Crippen LogP contribution in [0.15, 0.2) is 24.3 Å². The second kappa shape index (κ2) is 4.06. The first-order chi connectivity index (χ1) is 11.8. The number of rotatable bonds is 1. The van der Waals surface area contributed by atoms with Crippen LogP contribution >= 0.6 is 0 Å². The molecule has 0 amide bonds.